The van der Waals surface area contributed by atoms with Crippen LogP contribution in [0.3, 0.4) is 0 Å². The van der Waals surface area contributed by atoms with Crippen LogP contribution in [0.2, 0.25) is 0 Å². The van der Waals surface area contributed by atoms with Crippen molar-refractivity contribution in [1.82, 2.24) is 10.3 Å². The number of nitrogens with zero attached hydrogens (tertiary/aromatic N) is 2. The zero-order valence-corrected chi connectivity index (χ0v) is 11.2. The van der Waals surface area contributed by atoms with Crippen molar-refractivity contribution in [3.05, 3.63) is 35.5 Å². The molecule has 0 saturated heterocycles. The first kappa shape index (κ1) is 12.1. The maximum atomic E-state index is 4.39. The topological polar surface area (TPSA) is 28.2 Å². The highest BCUT2D eigenvalue weighted by Gasteiger charge is 2.07. The number of rotatable bonds is 4. The van der Waals surface area contributed by atoms with Crippen molar-refractivity contribution in [3.8, 4) is 10.4 Å². The number of aromatic nitrogens is 1. The van der Waals surface area contributed by atoms with Crippen LogP contribution in [0.4, 0.5) is 5.69 Å². The molecule has 0 aliphatic heterocycles. The van der Waals surface area contributed by atoms with Crippen molar-refractivity contribution < 1.29 is 0 Å². The van der Waals surface area contributed by atoms with Gasteiger partial charge in [0.05, 0.1) is 16.1 Å². The molecule has 2 rings (SSSR count). The summed E-state index contributed by atoms with van der Waals surface area (Å²) in [5, 5.41) is 3.15. The lowest BCUT2D eigenvalue weighted by molar-refractivity contribution is 0.799. The number of thiazole rings is 1. The van der Waals surface area contributed by atoms with Gasteiger partial charge >= 0.3 is 0 Å². The van der Waals surface area contributed by atoms with Gasteiger partial charge in [0, 0.05) is 26.3 Å². The second kappa shape index (κ2) is 5.29. The van der Waals surface area contributed by atoms with E-state index in [2.05, 4.69) is 39.5 Å². The molecule has 4 heteroatoms. The highest BCUT2D eigenvalue weighted by Crippen LogP contribution is 2.28. The summed E-state index contributed by atoms with van der Waals surface area (Å²) in [6.07, 6.45) is 0. The van der Waals surface area contributed by atoms with E-state index in [9.17, 15) is 0 Å². The van der Waals surface area contributed by atoms with Crippen LogP contribution in [0, 0.1) is 0 Å². The molecule has 3 nitrogen and oxygen atoms in total. The Morgan fingerprint density at radius 1 is 1.24 bits per heavy atom. The Hall–Kier alpha value is -1.39. The number of benzene rings is 1. The fourth-order valence-electron chi connectivity index (χ4n) is 1.71. The van der Waals surface area contributed by atoms with E-state index in [1.165, 1.54) is 16.1 Å². The highest BCUT2D eigenvalue weighted by atomic mass is 32.1. The van der Waals surface area contributed by atoms with Crippen LogP contribution in [0.1, 0.15) is 5.69 Å². The molecule has 1 aromatic heterocycles. The van der Waals surface area contributed by atoms with Crippen molar-refractivity contribution in [2.24, 2.45) is 0 Å². The summed E-state index contributed by atoms with van der Waals surface area (Å²) < 4.78 is 0. The molecule has 0 aliphatic rings. The minimum atomic E-state index is 0.814. The quantitative estimate of drug-likeness (QED) is 0.900. The Kier molecular flexibility index (Phi) is 3.76. The van der Waals surface area contributed by atoms with Gasteiger partial charge in [-0.3, -0.25) is 0 Å². The fraction of sp³-hybridized carbons (Fsp3) is 0.308. The third-order valence-electron chi connectivity index (χ3n) is 2.63. The van der Waals surface area contributed by atoms with Gasteiger partial charge in [-0.1, -0.05) is 12.1 Å². The van der Waals surface area contributed by atoms with E-state index in [1.807, 2.05) is 26.7 Å². The number of hydrogen-bond acceptors (Lipinski definition) is 4. The van der Waals surface area contributed by atoms with Gasteiger partial charge in [0.1, 0.15) is 0 Å². The number of anilines is 1. The van der Waals surface area contributed by atoms with Gasteiger partial charge < -0.3 is 10.2 Å². The molecule has 17 heavy (non-hydrogen) atoms. The zero-order valence-electron chi connectivity index (χ0n) is 10.4. The maximum Gasteiger partial charge on any atom is 0.0802 e. The molecule has 0 aliphatic carbocycles. The van der Waals surface area contributed by atoms with Gasteiger partial charge in [-0.05, 0) is 24.7 Å². The average molecular weight is 247 g/mol. The Labute approximate surface area is 106 Å². The second-order valence-electron chi connectivity index (χ2n) is 4.10. The Balaban J connectivity index is 2.30. The molecule has 1 heterocycles. The van der Waals surface area contributed by atoms with Crippen LogP contribution in [0.5, 0.6) is 0 Å². The third-order valence-corrected chi connectivity index (χ3v) is 3.55. The van der Waals surface area contributed by atoms with Crippen molar-refractivity contribution in [2.45, 2.75) is 6.54 Å². The van der Waals surface area contributed by atoms with Crippen molar-refractivity contribution in [2.75, 3.05) is 26.0 Å². The normalized spacial score (nSPS) is 10.5. The molecular weight excluding hydrogens is 230 g/mol. The molecule has 0 unspecified atom stereocenters. The lowest BCUT2D eigenvalue weighted by Crippen LogP contribution is -2.08. The molecule has 0 amide bonds. The first-order valence-corrected chi connectivity index (χ1v) is 6.45. The van der Waals surface area contributed by atoms with Crippen LogP contribution in [-0.2, 0) is 6.54 Å². The van der Waals surface area contributed by atoms with Gasteiger partial charge in [0.2, 0.25) is 0 Å². The molecule has 1 N–H and O–H groups in total. The van der Waals surface area contributed by atoms with Gasteiger partial charge in [-0.25, -0.2) is 4.98 Å². The first-order chi connectivity index (χ1) is 8.22. The SMILES string of the molecule is CNCc1ncsc1-c1ccc(N(C)C)cc1. The molecule has 90 valence electrons. The second-order valence-corrected chi connectivity index (χ2v) is 4.95. The lowest BCUT2D eigenvalue weighted by Gasteiger charge is -2.12. The Morgan fingerprint density at radius 3 is 2.53 bits per heavy atom. The van der Waals surface area contributed by atoms with Gasteiger partial charge in [0.15, 0.2) is 0 Å². The molecule has 0 atom stereocenters. The minimum absolute atomic E-state index is 0.814. The van der Waals surface area contributed by atoms with Crippen LogP contribution < -0.4 is 10.2 Å². The summed E-state index contributed by atoms with van der Waals surface area (Å²) in [5.41, 5.74) is 5.48. The summed E-state index contributed by atoms with van der Waals surface area (Å²) in [6.45, 7) is 0.814. The van der Waals surface area contributed by atoms with Gasteiger partial charge in [-0.2, -0.15) is 0 Å². The van der Waals surface area contributed by atoms with E-state index in [0.717, 1.165) is 12.2 Å². The molecule has 0 fully saturated rings. The van der Waals surface area contributed by atoms with Crippen molar-refractivity contribution in [1.29, 1.82) is 0 Å². The van der Waals surface area contributed by atoms with Crippen LogP contribution in [0.15, 0.2) is 29.8 Å². The molecule has 0 saturated carbocycles. The van der Waals surface area contributed by atoms with Crippen LogP contribution in [0.25, 0.3) is 10.4 Å². The van der Waals surface area contributed by atoms with E-state index >= 15 is 0 Å². The van der Waals surface area contributed by atoms with Crippen LogP contribution in [-0.4, -0.2) is 26.1 Å². The standard InChI is InChI=1S/C13H17N3S/c1-14-8-12-13(17-9-15-12)10-4-6-11(7-5-10)16(2)3/h4-7,9,14H,8H2,1-3H3. The number of nitrogens with one attached hydrogen (secondary N) is 1. The Morgan fingerprint density at radius 2 is 1.94 bits per heavy atom. The summed E-state index contributed by atoms with van der Waals surface area (Å²) in [4.78, 5) is 7.74. The predicted molar refractivity (Wildman–Crippen MR) is 74.6 cm³/mol. The van der Waals surface area contributed by atoms with E-state index < -0.39 is 0 Å². The molecule has 0 spiro atoms. The van der Waals surface area contributed by atoms with E-state index in [4.69, 9.17) is 0 Å². The Bertz CT molecular complexity index is 474. The zero-order chi connectivity index (χ0) is 12.3. The maximum absolute atomic E-state index is 4.39. The molecule has 1 aromatic carbocycles. The van der Waals surface area contributed by atoms with Gasteiger partial charge in [-0.15, -0.1) is 11.3 Å². The molecular formula is C13H17N3S. The molecule has 0 bridgehead atoms. The molecule has 0 radical (unpaired) electrons. The summed E-state index contributed by atoms with van der Waals surface area (Å²) in [7, 11) is 6.04. The van der Waals surface area contributed by atoms with Crippen molar-refractivity contribution >= 4 is 17.0 Å². The summed E-state index contributed by atoms with van der Waals surface area (Å²) in [6, 6.07) is 8.58. The highest BCUT2D eigenvalue weighted by molar-refractivity contribution is 7.13. The average Bonchev–Trinajstić information content (AvgIpc) is 2.78. The summed E-state index contributed by atoms with van der Waals surface area (Å²) in [5.74, 6) is 0. The predicted octanol–water partition coefficient (Wildman–Crippen LogP) is 2.60. The van der Waals surface area contributed by atoms with Gasteiger partial charge in [0.25, 0.3) is 0 Å². The minimum Gasteiger partial charge on any atom is -0.378 e. The third kappa shape index (κ3) is 2.65. The molecule has 2 aromatic rings. The van der Waals surface area contributed by atoms with E-state index in [-0.39, 0.29) is 0 Å². The van der Waals surface area contributed by atoms with Crippen LogP contribution >= 0.6 is 11.3 Å². The number of hydrogen-bond donors (Lipinski definition) is 1. The van der Waals surface area contributed by atoms with E-state index in [0.29, 0.717) is 0 Å². The largest absolute Gasteiger partial charge is 0.378 e. The summed E-state index contributed by atoms with van der Waals surface area (Å²) >= 11 is 1.69. The smallest absolute Gasteiger partial charge is 0.0802 e. The van der Waals surface area contributed by atoms with Crippen molar-refractivity contribution in [3.63, 3.8) is 0 Å². The lowest BCUT2D eigenvalue weighted by atomic mass is 10.1. The van der Waals surface area contributed by atoms with E-state index in [1.54, 1.807) is 11.3 Å². The fourth-order valence-corrected chi connectivity index (χ4v) is 2.53. The first-order valence-electron chi connectivity index (χ1n) is 5.57. The monoisotopic (exact) mass is 247 g/mol.